The molecule has 2 heterocycles. The third-order valence-corrected chi connectivity index (χ3v) is 2.94. The zero-order chi connectivity index (χ0) is 14.2. The molecule has 1 amide bonds. The Morgan fingerprint density at radius 3 is 3.20 bits per heavy atom. The summed E-state index contributed by atoms with van der Waals surface area (Å²) in [5.41, 5.74) is 0.654. The lowest BCUT2D eigenvalue weighted by Gasteiger charge is -2.09. The van der Waals surface area contributed by atoms with Gasteiger partial charge in [-0.15, -0.1) is 0 Å². The first-order valence-corrected chi connectivity index (χ1v) is 6.58. The minimum absolute atomic E-state index is 0.0660. The molecule has 7 heteroatoms. The van der Waals surface area contributed by atoms with Gasteiger partial charge in [0, 0.05) is 32.8 Å². The Balaban J connectivity index is 1.75. The molecule has 0 saturated heterocycles. The molecule has 0 aliphatic heterocycles. The van der Waals surface area contributed by atoms with Crippen LogP contribution in [0.1, 0.15) is 22.7 Å². The van der Waals surface area contributed by atoms with Crippen LogP contribution in [0, 0.1) is 0 Å². The van der Waals surface area contributed by atoms with E-state index in [4.69, 9.17) is 4.74 Å². The summed E-state index contributed by atoms with van der Waals surface area (Å²) in [5.74, 6) is 0.770. The molecule has 0 radical (unpaired) electrons. The van der Waals surface area contributed by atoms with Crippen molar-refractivity contribution in [1.82, 2.24) is 25.1 Å². The zero-order valence-electron chi connectivity index (χ0n) is 11.5. The van der Waals surface area contributed by atoms with E-state index < -0.39 is 0 Å². The van der Waals surface area contributed by atoms with E-state index in [9.17, 15) is 4.79 Å². The van der Waals surface area contributed by atoms with Crippen LogP contribution in [0.15, 0.2) is 24.7 Å². The summed E-state index contributed by atoms with van der Waals surface area (Å²) in [5, 5.41) is 9.47. The van der Waals surface area contributed by atoms with E-state index in [1.807, 2.05) is 16.8 Å². The molecule has 0 saturated carbocycles. The Hall–Kier alpha value is -2.15. The number of hydrogen-bond acceptors (Lipinski definition) is 4. The number of nitrogens with one attached hydrogen (secondary N) is 2. The van der Waals surface area contributed by atoms with Gasteiger partial charge in [-0.2, -0.15) is 5.10 Å². The van der Waals surface area contributed by atoms with Crippen molar-refractivity contribution in [3.05, 3.63) is 36.2 Å². The van der Waals surface area contributed by atoms with Crippen LogP contribution in [0.5, 0.6) is 0 Å². The lowest BCUT2D eigenvalue weighted by molar-refractivity contribution is 0.0941. The zero-order valence-corrected chi connectivity index (χ0v) is 11.5. The quantitative estimate of drug-likeness (QED) is 0.693. The van der Waals surface area contributed by atoms with Crippen molar-refractivity contribution in [2.75, 3.05) is 20.3 Å². The number of ether oxygens (including phenoxy) is 1. The number of aromatic amines is 1. The van der Waals surface area contributed by atoms with Gasteiger partial charge >= 0.3 is 0 Å². The Bertz CT molecular complexity index is 521. The van der Waals surface area contributed by atoms with Crippen molar-refractivity contribution in [2.24, 2.45) is 0 Å². The summed E-state index contributed by atoms with van der Waals surface area (Å²) in [6.45, 7) is 1.86. The highest BCUT2D eigenvalue weighted by Crippen LogP contribution is 2.02. The number of methoxy groups -OCH3 is 1. The van der Waals surface area contributed by atoms with Gasteiger partial charge in [-0.25, -0.2) is 4.98 Å². The SMILES string of the molecule is COCCn1cccc1C(=O)NCCCc1ncn[nH]1. The Morgan fingerprint density at radius 1 is 1.55 bits per heavy atom. The number of aryl methyl sites for hydroxylation is 1. The summed E-state index contributed by atoms with van der Waals surface area (Å²) in [6, 6.07) is 3.67. The van der Waals surface area contributed by atoms with Crippen LogP contribution in [-0.2, 0) is 17.7 Å². The molecule has 0 aliphatic rings. The normalized spacial score (nSPS) is 10.7. The molecule has 0 atom stereocenters. The molecule has 0 fully saturated rings. The van der Waals surface area contributed by atoms with Crippen LogP contribution in [0.2, 0.25) is 0 Å². The summed E-state index contributed by atoms with van der Waals surface area (Å²) >= 11 is 0. The van der Waals surface area contributed by atoms with Crippen LogP contribution in [0.4, 0.5) is 0 Å². The van der Waals surface area contributed by atoms with E-state index in [1.54, 1.807) is 13.2 Å². The number of amides is 1. The van der Waals surface area contributed by atoms with Crippen molar-refractivity contribution < 1.29 is 9.53 Å². The maximum absolute atomic E-state index is 12.0. The van der Waals surface area contributed by atoms with Crippen molar-refractivity contribution in [3.63, 3.8) is 0 Å². The lowest BCUT2D eigenvalue weighted by atomic mass is 10.3. The minimum Gasteiger partial charge on any atom is -0.383 e. The maximum Gasteiger partial charge on any atom is 0.267 e. The van der Waals surface area contributed by atoms with Crippen LogP contribution in [-0.4, -0.2) is 45.9 Å². The van der Waals surface area contributed by atoms with Gasteiger partial charge in [-0.1, -0.05) is 0 Å². The number of rotatable bonds is 8. The first kappa shape index (κ1) is 14.3. The van der Waals surface area contributed by atoms with Crippen molar-refractivity contribution >= 4 is 5.91 Å². The fourth-order valence-electron chi connectivity index (χ4n) is 1.90. The molecule has 0 aliphatic carbocycles. The molecule has 108 valence electrons. The lowest BCUT2D eigenvalue weighted by Crippen LogP contribution is -2.27. The van der Waals surface area contributed by atoms with Gasteiger partial charge in [0.05, 0.1) is 6.61 Å². The van der Waals surface area contributed by atoms with Gasteiger partial charge in [0.25, 0.3) is 5.91 Å². The van der Waals surface area contributed by atoms with E-state index in [2.05, 4.69) is 20.5 Å². The van der Waals surface area contributed by atoms with Crippen LogP contribution in [0.3, 0.4) is 0 Å². The molecule has 0 aromatic carbocycles. The molecule has 0 bridgehead atoms. The van der Waals surface area contributed by atoms with Gasteiger partial charge in [0.1, 0.15) is 17.8 Å². The molecular formula is C13H19N5O2. The fraction of sp³-hybridized carbons (Fsp3) is 0.462. The van der Waals surface area contributed by atoms with E-state index in [1.165, 1.54) is 6.33 Å². The number of nitrogens with zero attached hydrogens (tertiary/aromatic N) is 3. The minimum atomic E-state index is -0.0660. The van der Waals surface area contributed by atoms with E-state index in [0.29, 0.717) is 25.4 Å². The van der Waals surface area contributed by atoms with Gasteiger partial charge in [0.2, 0.25) is 0 Å². The van der Waals surface area contributed by atoms with Gasteiger partial charge in [-0.05, 0) is 18.6 Å². The molecule has 2 rings (SSSR count). The summed E-state index contributed by atoms with van der Waals surface area (Å²) in [4.78, 5) is 16.1. The fourth-order valence-corrected chi connectivity index (χ4v) is 1.90. The van der Waals surface area contributed by atoms with Crippen LogP contribution >= 0.6 is 0 Å². The van der Waals surface area contributed by atoms with E-state index >= 15 is 0 Å². The Morgan fingerprint density at radius 2 is 2.45 bits per heavy atom. The molecular weight excluding hydrogens is 258 g/mol. The average Bonchev–Trinajstić information content (AvgIpc) is 3.12. The first-order chi connectivity index (χ1) is 9.81. The second kappa shape index (κ2) is 7.44. The summed E-state index contributed by atoms with van der Waals surface area (Å²) in [7, 11) is 1.65. The second-order valence-electron chi connectivity index (χ2n) is 4.37. The first-order valence-electron chi connectivity index (χ1n) is 6.58. The molecule has 2 N–H and O–H groups in total. The number of hydrogen-bond donors (Lipinski definition) is 2. The average molecular weight is 277 g/mol. The number of H-pyrrole nitrogens is 1. The summed E-state index contributed by atoms with van der Waals surface area (Å²) in [6.07, 6.45) is 4.95. The highest BCUT2D eigenvalue weighted by atomic mass is 16.5. The van der Waals surface area contributed by atoms with E-state index in [0.717, 1.165) is 18.7 Å². The molecule has 2 aromatic heterocycles. The van der Waals surface area contributed by atoms with Gasteiger partial charge < -0.3 is 14.6 Å². The molecule has 0 spiro atoms. The Kier molecular flexibility index (Phi) is 5.31. The van der Waals surface area contributed by atoms with Crippen molar-refractivity contribution in [3.8, 4) is 0 Å². The number of aromatic nitrogens is 4. The Labute approximate surface area is 117 Å². The highest BCUT2D eigenvalue weighted by Gasteiger charge is 2.09. The highest BCUT2D eigenvalue weighted by molar-refractivity contribution is 5.92. The maximum atomic E-state index is 12.0. The standard InChI is InChI=1S/C13H19N5O2/c1-20-9-8-18-7-3-4-11(18)13(19)14-6-2-5-12-15-10-16-17-12/h3-4,7,10H,2,5-6,8-9H2,1H3,(H,14,19)(H,15,16,17). The molecule has 0 unspecified atom stereocenters. The smallest absolute Gasteiger partial charge is 0.267 e. The largest absolute Gasteiger partial charge is 0.383 e. The second-order valence-corrected chi connectivity index (χ2v) is 4.37. The molecule has 7 nitrogen and oxygen atoms in total. The van der Waals surface area contributed by atoms with E-state index in [-0.39, 0.29) is 5.91 Å². The van der Waals surface area contributed by atoms with Gasteiger partial charge in [0.15, 0.2) is 0 Å². The third-order valence-electron chi connectivity index (χ3n) is 2.94. The molecule has 20 heavy (non-hydrogen) atoms. The van der Waals surface area contributed by atoms with Gasteiger partial charge in [-0.3, -0.25) is 9.89 Å². The van der Waals surface area contributed by atoms with Crippen molar-refractivity contribution in [2.45, 2.75) is 19.4 Å². The monoisotopic (exact) mass is 277 g/mol. The third kappa shape index (κ3) is 3.92. The topological polar surface area (TPSA) is 84.8 Å². The van der Waals surface area contributed by atoms with Crippen molar-refractivity contribution in [1.29, 1.82) is 0 Å². The number of carbonyl (C=O) groups is 1. The van der Waals surface area contributed by atoms with Crippen LogP contribution < -0.4 is 5.32 Å². The predicted octanol–water partition coefficient (Wildman–Crippen LogP) is 0.615. The molecule has 2 aromatic rings. The number of carbonyl (C=O) groups excluding carboxylic acids is 1. The van der Waals surface area contributed by atoms with Crippen LogP contribution in [0.25, 0.3) is 0 Å². The summed E-state index contributed by atoms with van der Waals surface area (Å²) < 4.78 is 6.91. The predicted molar refractivity (Wildman–Crippen MR) is 73.3 cm³/mol.